The van der Waals surface area contributed by atoms with E-state index in [9.17, 15) is 13.2 Å². The molecule has 3 rings (SSSR count). The first-order valence-electron chi connectivity index (χ1n) is 6.93. The van der Waals surface area contributed by atoms with Gasteiger partial charge in [0.1, 0.15) is 0 Å². The van der Waals surface area contributed by atoms with Crippen LogP contribution < -0.4 is 5.73 Å². The molecule has 0 saturated carbocycles. The van der Waals surface area contributed by atoms with Crippen LogP contribution in [0.2, 0.25) is 0 Å². The molecule has 2 aromatic rings. The molecule has 2 N–H and O–H groups in total. The lowest BCUT2D eigenvalue weighted by Gasteiger charge is -2.25. The van der Waals surface area contributed by atoms with E-state index in [0.717, 1.165) is 37.5 Å². The Hall–Kier alpha value is -2.35. The standard InChI is InChI=1S/C14H14F3N3.CH3NO/c1-19-5-4-10-2-3-13(6-11(10)8-19)20-9-12(7-18-20)14(15,16)17;2-1-3/h2-3,6-7,9H,4-5,8H2,1H3;1H,(H2,2,3). The Labute approximate surface area is 131 Å². The summed E-state index contributed by atoms with van der Waals surface area (Å²) in [6.45, 7) is 1.82. The number of rotatable bonds is 1. The molecule has 23 heavy (non-hydrogen) atoms. The highest BCUT2D eigenvalue weighted by atomic mass is 19.4. The van der Waals surface area contributed by atoms with E-state index < -0.39 is 11.7 Å². The lowest BCUT2D eigenvalue weighted by Crippen LogP contribution is -2.26. The minimum Gasteiger partial charge on any atom is -0.372 e. The first-order chi connectivity index (χ1) is 10.8. The van der Waals surface area contributed by atoms with E-state index >= 15 is 0 Å². The number of aromatic nitrogens is 2. The quantitative estimate of drug-likeness (QED) is 0.815. The zero-order valence-electron chi connectivity index (χ0n) is 12.5. The van der Waals surface area contributed by atoms with Crippen LogP contribution >= 0.6 is 0 Å². The second kappa shape index (κ2) is 6.82. The summed E-state index contributed by atoms with van der Waals surface area (Å²) in [7, 11) is 2.03. The number of halogens is 3. The van der Waals surface area contributed by atoms with Gasteiger partial charge in [-0.15, -0.1) is 0 Å². The van der Waals surface area contributed by atoms with E-state index in [-0.39, 0.29) is 6.41 Å². The van der Waals surface area contributed by atoms with Crippen molar-refractivity contribution in [1.82, 2.24) is 14.7 Å². The summed E-state index contributed by atoms with van der Waals surface area (Å²) in [6.07, 6.45) is -1.26. The number of alkyl halides is 3. The predicted octanol–water partition coefficient (Wildman–Crippen LogP) is 1.98. The Morgan fingerprint density at radius 2 is 2.00 bits per heavy atom. The molecule has 0 atom stereocenters. The van der Waals surface area contributed by atoms with Gasteiger partial charge in [-0.05, 0) is 36.7 Å². The van der Waals surface area contributed by atoms with Crippen LogP contribution in [-0.2, 0) is 23.9 Å². The first-order valence-corrected chi connectivity index (χ1v) is 6.93. The van der Waals surface area contributed by atoms with E-state index in [1.165, 1.54) is 10.2 Å². The summed E-state index contributed by atoms with van der Waals surface area (Å²) in [6, 6.07) is 5.71. The predicted molar refractivity (Wildman–Crippen MR) is 78.9 cm³/mol. The van der Waals surface area contributed by atoms with Gasteiger partial charge in [0.25, 0.3) is 0 Å². The fourth-order valence-electron chi connectivity index (χ4n) is 2.44. The highest BCUT2D eigenvalue weighted by Crippen LogP contribution is 2.29. The third kappa shape index (κ3) is 4.10. The lowest BCUT2D eigenvalue weighted by atomic mass is 9.99. The number of carbonyl (C=O) groups excluding carboxylic acids is 1. The average Bonchev–Trinajstić information content (AvgIpc) is 2.97. The number of hydrogen-bond donors (Lipinski definition) is 1. The Bertz CT molecular complexity index is 682. The number of fused-ring (bicyclic) bond motifs is 1. The summed E-state index contributed by atoms with van der Waals surface area (Å²) in [5.41, 5.74) is 6.51. The highest BCUT2D eigenvalue weighted by molar-refractivity contribution is 5.42. The van der Waals surface area contributed by atoms with Gasteiger partial charge in [0, 0.05) is 19.3 Å². The molecule has 0 saturated heterocycles. The molecule has 1 aromatic carbocycles. The van der Waals surface area contributed by atoms with E-state index in [2.05, 4.69) is 15.7 Å². The summed E-state index contributed by atoms with van der Waals surface area (Å²) in [4.78, 5) is 10.8. The number of carbonyl (C=O) groups is 1. The number of nitrogens with two attached hydrogens (primary N) is 1. The molecule has 0 bridgehead atoms. The van der Waals surface area contributed by atoms with Crippen molar-refractivity contribution in [3.05, 3.63) is 47.3 Å². The topological polar surface area (TPSA) is 64.2 Å². The SMILES string of the molecule is CN1CCc2ccc(-n3cc(C(F)(F)F)cn3)cc2C1.NC=O. The number of nitrogens with zero attached hydrogens (tertiary/aromatic N) is 3. The Morgan fingerprint density at radius 3 is 2.61 bits per heavy atom. The molecule has 8 heteroatoms. The van der Waals surface area contributed by atoms with Gasteiger partial charge in [0.15, 0.2) is 0 Å². The van der Waals surface area contributed by atoms with Gasteiger partial charge < -0.3 is 10.6 Å². The zero-order chi connectivity index (χ0) is 17.0. The average molecular weight is 326 g/mol. The van der Waals surface area contributed by atoms with Crippen molar-refractivity contribution < 1.29 is 18.0 Å². The molecule has 1 amide bonds. The minimum atomic E-state index is -4.35. The van der Waals surface area contributed by atoms with Crippen LogP contribution in [0, 0.1) is 0 Å². The van der Waals surface area contributed by atoms with Crippen LogP contribution in [0.25, 0.3) is 5.69 Å². The fraction of sp³-hybridized carbons (Fsp3) is 0.333. The normalized spacial score (nSPS) is 14.6. The van der Waals surface area contributed by atoms with Crippen molar-refractivity contribution in [3.8, 4) is 5.69 Å². The Morgan fingerprint density at radius 1 is 1.30 bits per heavy atom. The fourth-order valence-corrected chi connectivity index (χ4v) is 2.44. The van der Waals surface area contributed by atoms with Crippen molar-refractivity contribution in [2.45, 2.75) is 19.1 Å². The lowest BCUT2D eigenvalue weighted by molar-refractivity contribution is -0.137. The van der Waals surface area contributed by atoms with Crippen LogP contribution in [0.1, 0.15) is 16.7 Å². The third-order valence-corrected chi connectivity index (χ3v) is 3.57. The Kier molecular flexibility index (Phi) is 5.05. The number of hydrogen-bond acceptors (Lipinski definition) is 3. The second-order valence-electron chi connectivity index (χ2n) is 5.25. The molecule has 2 heterocycles. The van der Waals surface area contributed by atoms with Gasteiger partial charge in [-0.25, -0.2) is 4.68 Å². The summed E-state index contributed by atoms with van der Waals surface area (Å²) < 4.78 is 39.0. The summed E-state index contributed by atoms with van der Waals surface area (Å²) in [5, 5.41) is 3.80. The van der Waals surface area contributed by atoms with Gasteiger partial charge >= 0.3 is 6.18 Å². The van der Waals surface area contributed by atoms with Crippen LogP contribution in [-0.4, -0.2) is 34.7 Å². The zero-order valence-corrected chi connectivity index (χ0v) is 12.5. The molecule has 0 radical (unpaired) electrons. The molecule has 1 aliphatic rings. The van der Waals surface area contributed by atoms with E-state index in [0.29, 0.717) is 5.69 Å². The van der Waals surface area contributed by atoms with Gasteiger partial charge in [-0.2, -0.15) is 18.3 Å². The molecule has 0 fully saturated rings. The highest BCUT2D eigenvalue weighted by Gasteiger charge is 2.32. The molecular formula is C15H17F3N4O. The van der Waals surface area contributed by atoms with Crippen molar-refractivity contribution in [3.63, 3.8) is 0 Å². The van der Waals surface area contributed by atoms with E-state index in [1.807, 2.05) is 25.2 Å². The molecule has 0 unspecified atom stereocenters. The van der Waals surface area contributed by atoms with Gasteiger partial charge in [-0.1, -0.05) is 6.07 Å². The monoisotopic (exact) mass is 326 g/mol. The van der Waals surface area contributed by atoms with Crippen molar-refractivity contribution in [2.24, 2.45) is 5.73 Å². The maximum Gasteiger partial charge on any atom is 0.419 e. The van der Waals surface area contributed by atoms with Crippen LogP contribution in [0.3, 0.4) is 0 Å². The molecular weight excluding hydrogens is 309 g/mol. The first kappa shape index (κ1) is 17.0. The van der Waals surface area contributed by atoms with Crippen LogP contribution in [0.15, 0.2) is 30.6 Å². The molecule has 1 aliphatic heterocycles. The van der Waals surface area contributed by atoms with Gasteiger partial charge in [0.2, 0.25) is 6.41 Å². The molecule has 0 spiro atoms. The second-order valence-corrected chi connectivity index (χ2v) is 5.25. The summed E-state index contributed by atoms with van der Waals surface area (Å²) >= 11 is 0. The number of likely N-dealkylation sites (N-methyl/N-ethyl adjacent to an activating group) is 1. The minimum absolute atomic E-state index is 0.250. The van der Waals surface area contributed by atoms with Crippen molar-refractivity contribution in [2.75, 3.05) is 13.6 Å². The largest absolute Gasteiger partial charge is 0.419 e. The molecule has 0 aliphatic carbocycles. The number of primary amides is 1. The van der Waals surface area contributed by atoms with E-state index in [1.54, 1.807) is 0 Å². The maximum atomic E-state index is 12.6. The molecule has 1 aromatic heterocycles. The maximum absolute atomic E-state index is 12.6. The van der Waals surface area contributed by atoms with Gasteiger partial charge in [0.05, 0.1) is 17.4 Å². The number of amides is 1. The molecule has 5 nitrogen and oxygen atoms in total. The van der Waals surface area contributed by atoms with Crippen LogP contribution in [0.5, 0.6) is 0 Å². The summed E-state index contributed by atoms with van der Waals surface area (Å²) in [5.74, 6) is 0. The van der Waals surface area contributed by atoms with Crippen LogP contribution in [0.4, 0.5) is 13.2 Å². The number of benzene rings is 1. The van der Waals surface area contributed by atoms with Gasteiger partial charge in [-0.3, -0.25) is 4.79 Å². The van der Waals surface area contributed by atoms with E-state index in [4.69, 9.17) is 4.79 Å². The molecule has 124 valence electrons. The smallest absolute Gasteiger partial charge is 0.372 e. The Balaban J connectivity index is 0.000000595. The third-order valence-electron chi connectivity index (χ3n) is 3.57. The van der Waals surface area contributed by atoms with Crippen molar-refractivity contribution in [1.29, 1.82) is 0 Å². The van der Waals surface area contributed by atoms with Crippen molar-refractivity contribution >= 4 is 6.41 Å².